The highest BCUT2D eigenvalue weighted by molar-refractivity contribution is 5.86. The summed E-state index contributed by atoms with van der Waals surface area (Å²) in [6, 6.07) is 3.89. The number of methoxy groups -OCH3 is 1. The average molecular weight is 266 g/mol. The number of carbonyl (C=O) groups is 1. The van der Waals surface area contributed by atoms with Gasteiger partial charge in [0.1, 0.15) is 5.76 Å². The van der Waals surface area contributed by atoms with E-state index < -0.39 is 5.97 Å². The van der Waals surface area contributed by atoms with Gasteiger partial charge in [0.15, 0.2) is 0 Å². The minimum atomic E-state index is -0.436. The molecule has 0 radical (unpaired) electrons. The summed E-state index contributed by atoms with van der Waals surface area (Å²) in [6.45, 7) is 4.65. The number of ether oxygens (including phenoxy) is 1. The van der Waals surface area contributed by atoms with E-state index in [1.807, 2.05) is 6.07 Å². The summed E-state index contributed by atoms with van der Waals surface area (Å²) in [6.07, 6.45) is 2.31. The Morgan fingerprint density at radius 3 is 3.05 bits per heavy atom. The molecule has 0 aromatic carbocycles. The Morgan fingerprint density at radius 1 is 1.58 bits per heavy atom. The van der Waals surface area contributed by atoms with Gasteiger partial charge in [0.05, 0.1) is 13.7 Å². The van der Waals surface area contributed by atoms with Gasteiger partial charge in [0.2, 0.25) is 5.76 Å². The number of nitrogens with two attached hydrogens (primary N) is 1. The molecule has 2 unspecified atom stereocenters. The van der Waals surface area contributed by atoms with Crippen molar-refractivity contribution in [1.82, 2.24) is 4.90 Å². The van der Waals surface area contributed by atoms with Crippen LogP contribution in [0.2, 0.25) is 0 Å². The Morgan fingerprint density at radius 2 is 2.37 bits per heavy atom. The van der Waals surface area contributed by atoms with Gasteiger partial charge in [-0.25, -0.2) is 4.79 Å². The van der Waals surface area contributed by atoms with Crippen molar-refractivity contribution in [2.75, 3.05) is 20.2 Å². The number of likely N-dealkylation sites (tertiary alicyclic amines) is 1. The lowest BCUT2D eigenvalue weighted by Gasteiger charge is -2.37. The van der Waals surface area contributed by atoms with Crippen LogP contribution >= 0.6 is 0 Å². The molecule has 0 spiro atoms. The Bertz CT molecular complexity index is 430. The van der Waals surface area contributed by atoms with Crippen LogP contribution in [0.3, 0.4) is 0 Å². The van der Waals surface area contributed by atoms with Gasteiger partial charge in [-0.2, -0.15) is 0 Å². The van der Waals surface area contributed by atoms with Crippen LogP contribution in [-0.4, -0.2) is 37.1 Å². The van der Waals surface area contributed by atoms with Crippen LogP contribution in [0.15, 0.2) is 16.5 Å². The first-order valence-electron chi connectivity index (χ1n) is 6.75. The molecule has 106 valence electrons. The molecule has 1 fully saturated rings. The smallest absolute Gasteiger partial charge is 0.373 e. The van der Waals surface area contributed by atoms with E-state index in [9.17, 15) is 4.79 Å². The van der Waals surface area contributed by atoms with E-state index in [1.54, 1.807) is 6.07 Å². The van der Waals surface area contributed by atoms with Crippen LogP contribution in [0.5, 0.6) is 0 Å². The van der Waals surface area contributed by atoms with Gasteiger partial charge in [-0.05, 0) is 37.4 Å². The largest absolute Gasteiger partial charge is 0.463 e. The molecule has 1 aliphatic heterocycles. The van der Waals surface area contributed by atoms with E-state index in [1.165, 1.54) is 13.5 Å². The van der Waals surface area contributed by atoms with E-state index in [2.05, 4.69) is 16.6 Å². The molecular weight excluding hydrogens is 244 g/mol. The van der Waals surface area contributed by atoms with Crippen molar-refractivity contribution in [3.05, 3.63) is 23.7 Å². The van der Waals surface area contributed by atoms with Gasteiger partial charge in [-0.1, -0.05) is 6.92 Å². The number of furan rings is 1. The summed E-state index contributed by atoms with van der Waals surface area (Å²) in [5, 5.41) is 0. The predicted molar refractivity (Wildman–Crippen MR) is 71.7 cm³/mol. The van der Waals surface area contributed by atoms with Crippen LogP contribution in [0, 0.1) is 5.92 Å². The van der Waals surface area contributed by atoms with Crippen molar-refractivity contribution in [3.8, 4) is 0 Å². The van der Waals surface area contributed by atoms with Crippen LogP contribution < -0.4 is 5.73 Å². The quantitative estimate of drug-likeness (QED) is 0.839. The second kappa shape index (κ2) is 6.21. The number of hydrogen-bond acceptors (Lipinski definition) is 5. The third-order valence-electron chi connectivity index (χ3n) is 3.78. The standard InChI is InChI=1S/C14H22N2O3/c1-10-5-6-16(11(7-10)8-15)9-12-3-4-13(19-12)14(17)18-2/h3-4,10-11H,5-9,15H2,1-2H3. The highest BCUT2D eigenvalue weighted by Gasteiger charge is 2.26. The van der Waals surface area contributed by atoms with Gasteiger partial charge in [-0.3, -0.25) is 4.90 Å². The zero-order valence-electron chi connectivity index (χ0n) is 11.6. The molecule has 1 saturated heterocycles. The van der Waals surface area contributed by atoms with Gasteiger partial charge < -0.3 is 14.9 Å². The fourth-order valence-electron chi connectivity index (χ4n) is 2.63. The molecule has 2 N–H and O–H groups in total. The summed E-state index contributed by atoms with van der Waals surface area (Å²) >= 11 is 0. The molecule has 1 aromatic rings. The van der Waals surface area contributed by atoms with Crippen LogP contribution in [-0.2, 0) is 11.3 Å². The number of nitrogens with zero attached hydrogens (tertiary/aromatic N) is 1. The molecule has 0 bridgehead atoms. The summed E-state index contributed by atoms with van der Waals surface area (Å²) in [5.41, 5.74) is 5.84. The highest BCUT2D eigenvalue weighted by Crippen LogP contribution is 2.24. The third-order valence-corrected chi connectivity index (χ3v) is 3.78. The Hall–Kier alpha value is -1.33. The molecule has 19 heavy (non-hydrogen) atoms. The summed E-state index contributed by atoms with van der Waals surface area (Å²) < 4.78 is 10.1. The predicted octanol–water partition coefficient (Wildman–Crippen LogP) is 1.63. The van der Waals surface area contributed by atoms with Gasteiger partial charge in [0.25, 0.3) is 0 Å². The lowest BCUT2D eigenvalue weighted by atomic mass is 9.92. The molecule has 2 rings (SSSR count). The van der Waals surface area contributed by atoms with Crippen LogP contribution in [0.4, 0.5) is 0 Å². The molecule has 0 aliphatic carbocycles. The van der Waals surface area contributed by atoms with Crippen molar-refractivity contribution in [3.63, 3.8) is 0 Å². The first-order chi connectivity index (χ1) is 9.13. The molecule has 2 heterocycles. The second-order valence-electron chi connectivity index (χ2n) is 5.25. The fourth-order valence-corrected chi connectivity index (χ4v) is 2.63. The van der Waals surface area contributed by atoms with E-state index in [-0.39, 0.29) is 5.76 Å². The Balaban J connectivity index is 2.00. The zero-order valence-corrected chi connectivity index (χ0v) is 11.6. The molecule has 5 heteroatoms. The SMILES string of the molecule is COC(=O)c1ccc(CN2CCC(C)CC2CN)o1. The summed E-state index contributed by atoms with van der Waals surface area (Å²) in [5.74, 6) is 1.33. The Kier molecular flexibility index (Phi) is 4.61. The van der Waals surface area contributed by atoms with E-state index in [4.69, 9.17) is 10.2 Å². The van der Waals surface area contributed by atoms with Crippen molar-refractivity contribution in [2.45, 2.75) is 32.4 Å². The minimum Gasteiger partial charge on any atom is -0.463 e. The maximum Gasteiger partial charge on any atom is 0.373 e. The van der Waals surface area contributed by atoms with Crippen LogP contribution in [0.1, 0.15) is 36.1 Å². The summed E-state index contributed by atoms with van der Waals surface area (Å²) in [4.78, 5) is 13.7. The topological polar surface area (TPSA) is 68.7 Å². The minimum absolute atomic E-state index is 0.257. The first-order valence-corrected chi connectivity index (χ1v) is 6.75. The number of rotatable bonds is 4. The van der Waals surface area contributed by atoms with Crippen molar-refractivity contribution >= 4 is 5.97 Å². The second-order valence-corrected chi connectivity index (χ2v) is 5.25. The Labute approximate surface area is 113 Å². The maximum absolute atomic E-state index is 11.3. The van der Waals surface area contributed by atoms with E-state index in [0.29, 0.717) is 19.1 Å². The normalized spacial score (nSPS) is 24.4. The number of esters is 1. The molecule has 5 nitrogen and oxygen atoms in total. The fraction of sp³-hybridized carbons (Fsp3) is 0.643. The summed E-state index contributed by atoms with van der Waals surface area (Å²) in [7, 11) is 1.35. The van der Waals surface area contributed by atoms with E-state index >= 15 is 0 Å². The van der Waals surface area contributed by atoms with Crippen molar-refractivity contribution in [1.29, 1.82) is 0 Å². The average Bonchev–Trinajstić information content (AvgIpc) is 2.88. The molecule has 0 saturated carbocycles. The maximum atomic E-state index is 11.3. The van der Waals surface area contributed by atoms with Crippen molar-refractivity contribution in [2.24, 2.45) is 11.7 Å². The first kappa shape index (κ1) is 14.1. The zero-order chi connectivity index (χ0) is 13.8. The molecular formula is C14H22N2O3. The molecule has 1 aromatic heterocycles. The monoisotopic (exact) mass is 266 g/mol. The molecule has 1 aliphatic rings. The number of hydrogen-bond donors (Lipinski definition) is 1. The van der Waals surface area contributed by atoms with Gasteiger partial charge in [0, 0.05) is 12.6 Å². The third kappa shape index (κ3) is 3.36. The lowest BCUT2D eigenvalue weighted by Crippen LogP contribution is -2.45. The molecule has 0 amide bonds. The molecule has 2 atom stereocenters. The number of piperidine rings is 1. The van der Waals surface area contributed by atoms with Gasteiger partial charge >= 0.3 is 5.97 Å². The number of carbonyl (C=O) groups excluding carboxylic acids is 1. The van der Waals surface area contributed by atoms with Gasteiger partial charge in [-0.15, -0.1) is 0 Å². The lowest BCUT2D eigenvalue weighted by molar-refractivity contribution is 0.0557. The highest BCUT2D eigenvalue weighted by atomic mass is 16.5. The van der Waals surface area contributed by atoms with Crippen molar-refractivity contribution < 1.29 is 13.9 Å². The van der Waals surface area contributed by atoms with E-state index in [0.717, 1.165) is 24.6 Å². The van der Waals surface area contributed by atoms with Crippen LogP contribution in [0.25, 0.3) is 0 Å².